The fourth-order valence-electron chi connectivity index (χ4n) is 2.63. The van der Waals surface area contributed by atoms with Gasteiger partial charge in [0, 0.05) is 21.2 Å². The molecule has 3 aromatic rings. The zero-order valence-electron chi connectivity index (χ0n) is 14.0. The highest BCUT2D eigenvalue weighted by molar-refractivity contribution is 6.35. The molecule has 0 saturated heterocycles. The van der Waals surface area contributed by atoms with Crippen molar-refractivity contribution < 1.29 is 4.79 Å². The molecule has 1 heterocycles. The highest BCUT2D eigenvalue weighted by Gasteiger charge is 2.22. The summed E-state index contributed by atoms with van der Waals surface area (Å²) in [5, 5.41) is 5.50. The number of amides is 1. The van der Waals surface area contributed by atoms with E-state index in [9.17, 15) is 9.59 Å². The molecule has 1 aromatic heterocycles. The van der Waals surface area contributed by atoms with Crippen molar-refractivity contribution in [3.8, 4) is 16.9 Å². The van der Waals surface area contributed by atoms with E-state index in [2.05, 4.69) is 5.10 Å². The van der Waals surface area contributed by atoms with Gasteiger partial charge in [-0.05, 0) is 37.3 Å². The molecule has 27 heavy (non-hydrogen) atoms. The Kier molecular flexibility index (Phi) is 5.53. The van der Waals surface area contributed by atoms with Crippen LogP contribution in [0.1, 0.15) is 16.1 Å². The highest BCUT2D eigenvalue weighted by atomic mass is 35.5. The van der Waals surface area contributed by atoms with Crippen LogP contribution in [0.15, 0.2) is 47.3 Å². The van der Waals surface area contributed by atoms with E-state index in [0.717, 1.165) is 0 Å². The molecule has 0 aliphatic heterocycles. The molecule has 0 fully saturated rings. The molecule has 0 aliphatic carbocycles. The van der Waals surface area contributed by atoms with E-state index in [1.807, 2.05) is 5.43 Å². The van der Waals surface area contributed by atoms with Crippen LogP contribution >= 0.6 is 34.8 Å². The van der Waals surface area contributed by atoms with Crippen LogP contribution in [0.3, 0.4) is 0 Å². The maximum atomic E-state index is 12.7. The third-order valence-electron chi connectivity index (χ3n) is 3.92. The van der Waals surface area contributed by atoms with Crippen molar-refractivity contribution in [3.63, 3.8) is 0 Å². The predicted octanol–water partition coefficient (Wildman–Crippen LogP) is 3.77. The van der Waals surface area contributed by atoms with Crippen molar-refractivity contribution >= 4 is 40.7 Å². The largest absolute Gasteiger partial charge is 0.289 e. The number of rotatable bonds is 3. The SMILES string of the molecule is Cc1c(-c2ccc(Cl)cc2)n(-c2ccc(Cl)cc2Cl)nc(C(=O)NN)c1=O. The van der Waals surface area contributed by atoms with Crippen molar-refractivity contribution in [1.82, 2.24) is 15.2 Å². The van der Waals surface area contributed by atoms with Crippen molar-refractivity contribution in [1.29, 1.82) is 0 Å². The van der Waals surface area contributed by atoms with Gasteiger partial charge >= 0.3 is 0 Å². The number of benzene rings is 2. The Morgan fingerprint density at radius 1 is 1.07 bits per heavy atom. The Labute approximate surface area is 169 Å². The minimum atomic E-state index is -0.801. The number of carbonyl (C=O) groups is 1. The van der Waals surface area contributed by atoms with E-state index in [1.165, 1.54) is 4.68 Å². The number of nitrogens with zero attached hydrogens (tertiary/aromatic N) is 2. The maximum Gasteiger partial charge on any atom is 0.289 e. The summed E-state index contributed by atoms with van der Waals surface area (Å²) in [4.78, 5) is 24.7. The van der Waals surface area contributed by atoms with Crippen LogP contribution in [0, 0.1) is 6.92 Å². The lowest BCUT2D eigenvalue weighted by molar-refractivity contribution is 0.0945. The molecule has 1 amide bonds. The molecule has 0 radical (unpaired) electrons. The van der Waals surface area contributed by atoms with E-state index < -0.39 is 11.3 Å². The van der Waals surface area contributed by atoms with Gasteiger partial charge < -0.3 is 0 Å². The normalized spacial score (nSPS) is 10.7. The van der Waals surface area contributed by atoms with E-state index in [1.54, 1.807) is 49.4 Å². The van der Waals surface area contributed by atoms with Gasteiger partial charge in [0.05, 0.1) is 16.4 Å². The van der Waals surface area contributed by atoms with Crippen LogP contribution < -0.4 is 16.7 Å². The van der Waals surface area contributed by atoms with Gasteiger partial charge in [0.25, 0.3) is 5.91 Å². The lowest BCUT2D eigenvalue weighted by atomic mass is 10.1. The fourth-order valence-corrected chi connectivity index (χ4v) is 3.24. The monoisotopic (exact) mass is 422 g/mol. The number of nitrogens with two attached hydrogens (primary N) is 1. The van der Waals surface area contributed by atoms with Crippen molar-refractivity contribution in [3.05, 3.63) is 79.0 Å². The maximum absolute atomic E-state index is 12.7. The summed E-state index contributed by atoms with van der Waals surface area (Å²) < 4.78 is 1.42. The van der Waals surface area contributed by atoms with Gasteiger partial charge in [0.15, 0.2) is 5.69 Å². The molecule has 2 aromatic carbocycles. The third kappa shape index (κ3) is 3.70. The van der Waals surface area contributed by atoms with Gasteiger partial charge in [-0.2, -0.15) is 5.10 Å². The quantitative estimate of drug-likeness (QED) is 0.381. The lowest BCUT2D eigenvalue weighted by Gasteiger charge is -2.17. The van der Waals surface area contributed by atoms with Crippen LogP contribution in [-0.4, -0.2) is 15.7 Å². The molecule has 6 nitrogen and oxygen atoms in total. The van der Waals surface area contributed by atoms with E-state index in [4.69, 9.17) is 40.6 Å². The molecule has 0 bridgehead atoms. The van der Waals surface area contributed by atoms with Gasteiger partial charge in [-0.1, -0.05) is 46.9 Å². The third-order valence-corrected chi connectivity index (χ3v) is 4.71. The van der Waals surface area contributed by atoms with Crippen LogP contribution in [0.5, 0.6) is 0 Å². The first kappa shape index (κ1) is 19.4. The second-order valence-electron chi connectivity index (χ2n) is 5.64. The van der Waals surface area contributed by atoms with Gasteiger partial charge in [0.1, 0.15) is 0 Å². The molecule has 0 atom stereocenters. The molecule has 3 N–H and O–H groups in total. The Hall–Kier alpha value is -2.38. The van der Waals surface area contributed by atoms with Gasteiger partial charge in [-0.25, -0.2) is 10.5 Å². The highest BCUT2D eigenvalue weighted by Crippen LogP contribution is 2.30. The summed E-state index contributed by atoms with van der Waals surface area (Å²) in [5.41, 5.74) is 2.93. The number of hydrazine groups is 1. The average Bonchev–Trinajstić information content (AvgIpc) is 2.64. The summed E-state index contributed by atoms with van der Waals surface area (Å²) in [7, 11) is 0. The molecule has 0 aliphatic rings. The van der Waals surface area contributed by atoms with Gasteiger partial charge in [0.2, 0.25) is 5.43 Å². The molecular formula is C18H13Cl3N4O2. The van der Waals surface area contributed by atoms with Crippen LogP contribution in [0.4, 0.5) is 0 Å². The molecule has 0 saturated carbocycles. The number of carbonyl (C=O) groups excluding carboxylic acids is 1. The molecule has 3 rings (SSSR count). The van der Waals surface area contributed by atoms with Gasteiger partial charge in [-0.3, -0.25) is 15.0 Å². The molecule has 9 heteroatoms. The molecule has 138 valence electrons. The first-order valence-corrected chi connectivity index (χ1v) is 8.83. The Bertz CT molecular complexity index is 1090. The Morgan fingerprint density at radius 3 is 2.30 bits per heavy atom. The smallest absolute Gasteiger partial charge is 0.289 e. The number of hydrogen-bond acceptors (Lipinski definition) is 4. The summed E-state index contributed by atoms with van der Waals surface area (Å²) >= 11 is 18.3. The average molecular weight is 424 g/mol. The standard InChI is InChI=1S/C18H13Cl3N4O2/c1-9-16(10-2-4-11(19)5-3-10)25(14-7-6-12(20)8-13(14)21)24-15(17(9)26)18(27)23-22/h2-8H,22H2,1H3,(H,23,27). The van der Waals surface area contributed by atoms with Crippen LogP contribution in [0.2, 0.25) is 15.1 Å². The minimum absolute atomic E-state index is 0.298. The second-order valence-corrected chi connectivity index (χ2v) is 6.92. The minimum Gasteiger partial charge on any atom is -0.289 e. The van der Waals surface area contributed by atoms with E-state index >= 15 is 0 Å². The van der Waals surface area contributed by atoms with Crippen LogP contribution in [0.25, 0.3) is 16.9 Å². The first-order chi connectivity index (χ1) is 12.8. The number of nitrogen functional groups attached to an aromatic ring is 1. The van der Waals surface area contributed by atoms with Crippen molar-refractivity contribution in [2.45, 2.75) is 6.92 Å². The fraction of sp³-hybridized carbons (Fsp3) is 0.0556. The topological polar surface area (TPSA) is 90.0 Å². The number of halogens is 3. The van der Waals surface area contributed by atoms with Crippen molar-refractivity contribution in [2.24, 2.45) is 5.84 Å². The summed E-state index contributed by atoms with van der Waals surface area (Å²) in [6.07, 6.45) is 0. The van der Waals surface area contributed by atoms with Crippen molar-refractivity contribution in [2.75, 3.05) is 0 Å². The molecule has 0 spiro atoms. The van der Waals surface area contributed by atoms with E-state index in [0.29, 0.717) is 37.6 Å². The molecule has 0 unspecified atom stereocenters. The van der Waals surface area contributed by atoms with E-state index in [-0.39, 0.29) is 5.69 Å². The second kappa shape index (κ2) is 7.70. The molecular weight excluding hydrogens is 411 g/mol. The predicted molar refractivity (Wildman–Crippen MR) is 107 cm³/mol. The number of hydrogen-bond donors (Lipinski definition) is 2. The lowest BCUT2D eigenvalue weighted by Crippen LogP contribution is -2.37. The zero-order valence-corrected chi connectivity index (χ0v) is 16.2. The Balaban J connectivity index is 2.40. The number of aromatic nitrogens is 2. The van der Waals surface area contributed by atoms with Gasteiger partial charge in [-0.15, -0.1) is 0 Å². The van der Waals surface area contributed by atoms with Crippen LogP contribution in [-0.2, 0) is 0 Å². The zero-order chi connectivity index (χ0) is 19.7. The Morgan fingerprint density at radius 2 is 1.70 bits per heavy atom. The number of nitrogens with one attached hydrogen (secondary N) is 1. The summed E-state index contributed by atoms with van der Waals surface area (Å²) in [6.45, 7) is 1.60. The summed E-state index contributed by atoms with van der Waals surface area (Å²) in [6, 6.07) is 11.7. The summed E-state index contributed by atoms with van der Waals surface area (Å²) in [5.74, 6) is 4.38. The first-order valence-electron chi connectivity index (χ1n) is 7.69.